The molecule has 2 aromatic carbocycles. The third-order valence-electron chi connectivity index (χ3n) is 9.31. The molecule has 0 spiro atoms. The number of urea groups is 1. The molecule has 2 amide bonds. The number of hydrogen-bond donors (Lipinski definition) is 0. The van der Waals surface area contributed by atoms with Crippen molar-refractivity contribution >= 4 is 44.9 Å². The van der Waals surface area contributed by atoms with Crippen molar-refractivity contribution in [2.24, 2.45) is 4.99 Å². The molecule has 48 heavy (non-hydrogen) atoms. The minimum absolute atomic E-state index is 0.0722. The Morgan fingerprint density at radius 2 is 1.50 bits per heavy atom. The van der Waals surface area contributed by atoms with Crippen LogP contribution in [0.5, 0.6) is 5.88 Å². The smallest absolute Gasteiger partial charge is 0.326 e. The molecule has 2 unspecified atom stereocenters. The number of nitrogens with zero attached hydrogens (tertiary/aromatic N) is 6. The number of halogens is 2. The van der Waals surface area contributed by atoms with Gasteiger partial charge in [0.25, 0.3) is 0 Å². The summed E-state index contributed by atoms with van der Waals surface area (Å²) in [6.07, 6.45) is 2.95. The molecule has 0 N–H and O–H groups in total. The number of sulfone groups is 1. The Kier molecular flexibility index (Phi) is 10.2. The normalized spacial score (nSPS) is 22.1. The monoisotopic (exact) mass is 714 g/mol. The number of carbonyl (C=O) groups is 1. The van der Waals surface area contributed by atoms with Crippen molar-refractivity contribution in [3.8, 4) is 5.88 Å². The van der Waals surface area contributed by atoms with E-state index in [1.54, 1.807) is 16.0 Å². The molecule has 5 rings (SSSR count). The fourth-order valence-electron chi connectivity index (χ4n) is 6.29. The zero-order valence-corrected chi connectivity index (χ0v) is 31.0. The molecule has 2 atom stereocenters. The second-order valence-electron chi connectivity index (χ2n) is 13.8. The number of amidine groups is 1. The van der Waals surface area contributed by atoms with E-state index in [1.165, 1.54) is 6.26 Å². The first-order valence-corrected chi connectivity index (χ1v) is 18.9. The van der Waals surface area contributed by atoms with Crippen molar-refractivity contribution in [2.45, 2.75) is 58.0 Å². The lowest BCUT2D eigenvalue weighted by Gasteiger charge is -2.47. The minimum Gasteiger partial charge on any atom is -0.477 e. The molecule has 258 valence electrons. The average Bonchev–Trinajstić information content (AvgIpc) is 3.27. The van der Waals surface area contributed by atoms with E-state index in [0.717, 1.165) is 11.1 Å². The lowest BCUT2D eigenvalue weighted by Crippen LogP contribution is -2.60. The topological polar surface area (TPSA) is 108 Å². The van der Waals surface area contributed by atoms with Gasteiger partial charge in [0.1, 0.15) is 32.6 Å². The fraction of sp³-hybridized carbons (Fsp3) is 0.486. The maximum absolute atomic E-state index is 15.1. The summed E-state index contributed by atoms with van der Waals surface area (Å²) < 4.78 is 29.8. The Morgan fingerprint density at radius 1 is 0.938 bits per heavy atom. The summed E-state index contributed by atoms with van der Waals surface area (Å²) in [5, 5.41) is 1.16. The number of carbonyl (C=O) groups excluding carboxylic acids is 1. The number of piperazine rings is 1. The average molecular weight is 716 g/mol. The third-order valence-corrected chi connectivity index (χ3v) is 10.7. The summed E-state index contributed by atoms with van der Waals surface area (Å²) in [4.78, 5) is 35.7. The quantitative estimate of drug-likeness (QED) is 0.275. The number of aromatic nitrogens is 2. The van der Waals surface area contributed by atoms with E-state index in [2.05, 4.69) is 4.90 Å². The Balaban J connectivity index is 1.69. The number of aliphatic imine (C=N–C) groups is 1. The van der Waals surface area contributed by atoms with Crippen LogP contribution in [0.2, 0.25) is 10.0 Å². The molecule has 0 bridgehead atoms. The molecule has 13 heteroatoms. The SMILES string of the molecule is CCOc1nc(C(C)(C)C)ncc1C1=NC(C)(c2ccc(Cl)cc2)C(C)(c2ccc(Cl)cc2)N1C(=O)N1CCN(CCS(C)(=O)=O)CC1. The van der Waals surface area contributed by atoms with E-state index in [4.69, 9.17) is 42.9 Å². The van der Waals surface area contributed by atoms with Crippen molar-refractivity contribution in [3.05, 3.63) is 87.3 Å². The van der Waals surface area contributed by atoms with E-state index >= 15 is 4.79 Å². The molecule has 1 fully saturated rings. The molecule has 1 aromatic heterocycles. The predicted octanol–water partition coefficient (Wildman–Crippen LogP) is 6.15. The van der Waals surface area contributed by atoms with Gasteiger partial charge in [-0.3, -0.25) is 14.8 Å². The van der Waals surface area contributed by atoms with E-state index in [-0.39, 0.29) is 17.2 Å². The lowest BCUT2D eigenvalue weighted by atomic mass is 9.71. The summed E-state index contributed by atoms with van der Waals surface area (Å²) in [6.45, 7) is 14.7. The molecule has 0 radical (unpaired) electrons. The molecule has 3 heterocycles. The summed E-state index contributed by atoms with van der Waals surface area (Å²) in [7, 11) is -3.10. The highest BCUT2D eigenvalue weighted by Gasteiger charge is 2.60. The van der Waals surface area contributed by atoms with Gasteiger partial charge in [-0.25, -0.2) is 18.2 Å². The van der Waals surface area contributed by atoms with Gasteiger partial charge in [-0.15, -0.1) is 0 Å². The minimum atomic E-state index is -3.10. The first-order chi connectivity index (χ1) is 22.5. The first-order valence-electron chi connectivity index (χ1n) is 16.1. The van der Waals surface area contributed by atoms with Gasteiger partial charge in [0.05, 0.1) is 17.9 Å². The Labute approximate surface area is 294 Å². The molecule has 10 nitrogen and oxygen atoms in total. The summed E-state index contributed by atoms with van der Waals surface area (Å²) in [5.74, 6) is 1.41. The highest BCUT2D eigenvalue weighted by molar-refractivity contribution is 7.90. The number of rotatable bonds is 8. The fourth-order valence-corrected chi connectivity index (χ4v) is 7.14. The maximum atomic E-state index is 15.1. The largest absolute Gasteiger partial charge is 0.477 e. The Hall–Kier alpha value is -3.25. The second-order valence-corrected chi connectivity index (χ2v) is 16.9. The molecule has 3 aromatic rings. The van der Waals surface area contributed by atoms with Gasteiger partial charge >= 0.3 is 6.03 Å². The summed E-state index contributed by atoms with van der Waals surface area (Å²) in [6, 6.07) is 14.8. The van der Waals surface area contributed by atoms with E-state index in [9.17, 15) is 8.42 Å². The third kappa shape index (κ3) is 7.06. The number of hydrogen-bond acceptors (Lipinski definition) is 8. The van der Waals surface area contributed by atoms with Crippen LogP contribution in [-0.2, 0) is 26.3 Å². The number of benzene rings is 2. The van der Waals surface area contributed by atoms with Gasteiger partial charge in [-0.05, 0) is 56.2 Å². The van der Waals surface area contributed by atoms with E-state index in [1.807, 2.05) is 90.1 Å². The molecule has 2 aliphatic rings. The van der Waals surface area contributed by atoms with Crippen LogP contribution in [0.15, 0.2) is 59.7 Å². The highest BCUT2D eigenvalue weighted by atomic mass is 35.5. The van der Waals surface area contributed by atoms with E-state index < -0.39 is 20.9 Å². The van der Waals surface area contributed by atoms with Gasteiger partial charge in [0, 0.05) is 60.6 Å². The second kappa shape index (κ2) is 13.6. The van der Waals surface area contributed by atoms with Crippen LogP contribution in [0.25, 0.3) is 0 Å². The van der Waals surface area contributed by atoms with Crippen molar-refractivity contribution in [1.82, 2.24) is 24.7 Å². The Morgan fingerprint density at radius 3 is 2.02 bits per heavy atom. The number of ether oxygens (including phenoxy) is 1. The lowest BCUT2D eigenvalue weighted by molar-refractivity contribution is 0.0880. The first kappa shape index (κ1) is 36.0. The van der Waals surface area contributed by atoms with Crippen LogP contribution in [0.3, 0.4) is 0 Å². The van der Waals surface area contributed by atoms with Crippen LogP contribution in [0.1, 0.15) is 64.1 Å². The molecule has 0 aliphatic carbocycles. The van der Waals surface area contributed by atoms with Gasteiger partial charge in [-0.1, -0.05) is 68.2 Å². The number of amides is 2. The highest BCUT2D eigenvalue weighted by Crippen LogP contribution is 2.54. The molecule has 1 saturated heterocycles. The Bertz CT molecular complexity index is 1790. The van der Waals surface area contributed by atoms with Gasteiger partial charge in [0.2, 0.25) is 5.88 Å². The summed E-state index contributed by atoms with van der Waals surface area (Å²) >= 11 is 12.7. The van der Waals surface area contributed by atoms with Gasteiger partial charge in [0.15, 0.2) is 0 Å². The van der Waals surface area contributed by atoms with Crippen LogP contribution in [0, 0.1) is 0 Å². The molecule has 2 aliphatic heterocycles. The summed E-state index contributed by atoms with van der Waals surface area (Å²) in [5.41, 5.74) is -0.245. The zero-order chi connectivity index (χ0) is 35.1. The van der Waals surface area contributed by atoms with Crippen molar-refractivity contribution in [1.29, 1.82) is 0 Å². The van der Waals surface area contributed by atoms with Crippen molar-refractivity contribution in [3.63, 3.8) is 0 Å². The van der Waals surface area contributed by atoms with Crippen LogP contribution in [-0.4, -0.2) is 96.3 Å². The van der Waals surface area contributed by atoms with Gasteiger partial charge in [-0.2, -0.15) is 4.98 Å². The maximum Gasteiger partial charge on any atom is 0.326 e. The molecule has 0 saturated carbocycles. The predicted molar refractivity (Wildman–Crippen MR) is 191 cm³/mol. The van der Waals surface area contributed by atoms with Crippen molar-refractivity contribution in [2.75, 3.05) is 51.3 Å². The molecular formula is C35H44Cl2N6O4S. The van der Waals surface area contributed by atoms with Crippen LogP contribution >= 0.6 is 23.2 Å². The van der Waals surface area contributed by atoms with E-state index in [0.29, 0.717) is 72.5 Å². The zero-order valence-electron chi connectivity index (χ0n) is 28.6. The van der Waals surface area contributed by atoms with Crippen molar-refractivity contribution < 1.29 is 17.9 Å². The van der Waals surface area contributed by atoms with Crippen LogP contribution in [0.4, 0.5) is 4.79 Å². The molecular weight excluding hydrogens is 671 g/mol. The standard InChI is InChI=1S/C35H44Cl2N6O4S/c1-8-47-30-28(23-38-31(39-30)33(2,3)4)29-40-34(5,24-9-13-26(36)14-10-24)35(6,25-11-15-27(37)16-12-25)43(29)32(44)42-19-17-41(18-20-42)21-22-48(7,45)46/h9-16,23H,8,17-22H2,1-7H3. The van der Waals surface area contributed by atoms with Gasteiger partial charge < -0.3 is 9.64 Å². The van der Waals surface area contributed by atoms with Crippen LogP contribution < -0.4 is 4.74 Å².